The number of carbonyl (C=O) groups is 1. The average molecular weight is 394 g/mol. The van der Waals surface area contributed by atoms with Crippen LogP contribution in [0.4, 0.5) is 4.39 Å². The number of hydrogen-bond acceptors (Lipinski definition) is 4. The zero-order valence-corrected chi connectivity index (χ0v) is 16.1. The molecule has 29 heavy (non-hydrogen) atoms. The molecule has 1 aromatic heterocycles. The van der Waals surface area contributed by atoms with Crippen molar-refractivity contribution in [3.63, 3.8) is 0 Å². The standard InChI is InChI=1S/C22H23FN4O2/c23-17-11-9-16(10-12-17)13-14-26(18-5-1-2-6-18)21(28)15-27-22(29)19-7-3-4-8-20(19)24-25-27/h3-4,7-12,18H,1-2,5-6,13-15H2. The fourth-order valence-electron chi connectivity index (χ4n) is 3.97. The van der Waals surface area contributed by atoms with Gasteiger partial charge in [0.15, 0.2) is 0 Å². The molecule has 0 atom stereocenters. The zero-order valence-electron chi connectivity index (χ0n) is 16.1. The highest BCUT2D eigenvalue weighted by Crippen LogP contribution is 2.24. The predicted molar refractivity (Wildman–Crippen MR) is 108 cm³/mol. The van der Waals surface area contributed by atoms with Crippen LogP contribution in [0.2, 0.25) is 0 Å². The van der Waals surface area contributed by atoms with Crippen LogP contribution < -0.4 is 5.56 Å². The lowest BCUT2D eigenvalue weighted by Gasteiger charge is -2.29. The van der Waals surface area contributed by atoms with Crippen molar-refractivity contribution in [2.24, 2.45) is 0 Å². The first-order valence-corrected chi connectivity index (χ1v) is 9.98. The van der Waals surface area contributed by atoms with Gasteiger partial charge in [0.05, 0.1) is 5.39 Å². The van der Waals surface area contributed by atoms with E-state index in [9.17, 15) is 14.0 Å². The fraction of sp³-hybridized carbons (Fsp3) is 0.364. The molecule has 1 fully saturated rings. The van der Waals surface area contributed by atoms with Gasteiger partial charge in [-0.05, 0) is 49.1 Å². The second-order valence-corrected chi connectivity index (χ2v) is 7.47. The molecule has 0 unspecified atom stereocenters. The molecule has 1 aliphatic rings. The second kappa shape index (κ2) is 8.51. The Hall–Kier alpha value is -3.09. The van der Waals surface area contributed by atoms with Crippen molar-refractivity contribution in [2.45, 2.75) is 44.7 Å². The van der Waals surface area contributed by atoms with Crippen molar-refractivity contribution in [1.82, 2.24) is 19.9 Å². The molecule has 1 saturated carbocycles. The summed E-state index contributed by atoms with van der Waals surface area (Å²) in [6, 6.07) is 13.5. The van der Waals surface area contributed by atoms with Gasteiger partial charge >= 0.3 is 0 Å². The molecule has 0 aliphatic heterocycles. The van der Waals surface area contributed by atoms with Gasteiger partial charge in [-0.15, -0.1) is 5.10 Å². The summed E-state index contributed by atoms with van der Waals surface area (Å²) in [6.07, 6.45) is 4.77. The van der Waals surface area contributed by atoms with Gasteiger partial charge in [0.1, 0.15) is 17.9 Å². The topological polar surface area (TPSA) is 68.1 Å². The summed E-state index contributed by atoms with van der Waals surface area (Å²) in [4.78, 5) is 27.6. The molecule has 0 spiro atoms. The molecule has 0 radical (unpaired) electrons. The summed E-state index contributed by atoms with van der Waals surface area (Å²) < 4.78 is 14.3. The third-order valence-corrected chi connectivity index (χ3v) is 5.55. The van der Waals surface area contributed by atoms with E-state index in [0.717, 1.165) is 35.9 Å². The zero-order chi connectivity index (χ0) is 20.2. The highest BCUT2D eigenvalue weighted by molar-refractivity contribution is 5.78. The lowest BCUT2D eigenvalue weighted by Crippen LogP contribution is -2.43. The van der Waals surface area contributed by atoms with E-state index in [2.05, 4.69) is 10.3 Å². The summed E-state index contributed by atoms with van der Waals surface area (Å²) >= 11 is 0. The summed E-state index contributed by atoms with van der Waals surface area (Å²) in [5, 5.41) is 8.46. The van der Waals surface area contributed by atoms with Crippen molar-refractivity contribution in [2.75, 3.05) is 6.54 Å². The number of halogens is 1. The number of aromatic nitrogens is 3. The maximum atomic E-state index is 13.1. The molecule has 1 heterocycles. The monoisotopic (exact) mass is 394 g/mol. The Labute approximate surface area is 168 Å². The van der Waals surface area contributed by atoms with E-state index in [-0.39, 0.29) is 29.9 Å². The first kappa shape index (κ1) is 19.2. The minimum absolute atomic E-state index is 0.128. The molecule has 1 aliphatic carbocycles. The number of hydrogen-bond donors (Lipinski definition) is 0. The van der Waals surface area contributed by atoms with Crippen LogP contribution in [0.15, 0.2) is 53.3 Å². The minimum Gasteiger partial charge on any atom is -0.338 e. The summed E-state index contributed by atoms with van der Waals surface area (Å²) in [6.45, 7) is 0.404. The third-order valence-electron chi connectivity index (χ3n) is 5.55. The van der Waals surface area contributed by atoms with Crippen LogP contribution in [0, 0.1) is 5.82 Å². The van der Waals surface area contributed by atoms with E-state index < -0.39 is 0 Å². The molecule has 4 rings (SSSR count). The minimum atomic E-state index is -0.311. The van der Waals surface area contributed by atoms with E-state index in [0.29, 0.717) is 23.9 Å². The van der Waals surface area contributed by atoms with Crippen molar-refractivity contribution < 1.29 is 9.18 Å². The number of nitrogens with zero attached hydrogens (tertiary/aromatic N) is 4. The molecule has 0 bridgehead atoms. The SMILES string of the molecule is O=C(Cn1nnc2ccccc2c1=O)N(CCc1ccc(F)cc1)C1CCCC1. The Bertz CT molecular complexity index is 1060. The molecular weight excluding hydrogens is 371 g/mol. The van der Waals surface area contributed by atoms with Gasteiger partial charge in [-0.3, -0.25) is 9.59 Å². The Morgan fingerprint density at radius 3 is 2.59 bits per heavy atom. The van der Waals surface area contributed by atoms with Crippen LogP contribution in [0.5, 0.6) is 0 Å². The van der Waals surface area contributed by atoms with Crippen LogP contribution >= 0.6 is 0 Å². The van der Waals surface area contributed by atoms with E-state index in [1.54, 1.807) is 36.4 Å². The van der Waals surface area contributed by atoms with E-state index in [1.165, 1.54) is 12.1 Å². The maximum absolute atomic E-state index is 13.1. The highest BCUT2D eigenvalue weighted by atomic mass is 19.1. The summed E-state index contributed by atoms with van der Waals surface area (Å²) in [7, 11) is 0. The Kier molecular flexibility index (Phi) is 5.64. The van der Waals surface area contributed by atoms with Gasteiger partial charge in [-0.2, -0.15) is 0 Å². The normalized spacial score (nSPS) is 14.4. The lowest BCUT2D eigenvalue weighted by atomic mass is 10.1. The number of fused-ring (bicyclic) bond motifs is 1. The first-order chi connectivity index (χ1) is 14.1. The largest absolute Gasteiger partial charge is 0.338 e. The van der Waals surface area contributed by atoms with Crippen molar-refractivity contribution >= 4 is 16.8 Å². The smallest absolute Gasteiger partial charge is 0.278 e. The van der Waals surface area contributed by atoms with Crippen LogP contribution in [0.25, 0.3) is 10.9 Å². The van der Waals surface area contributed by atoms with Gasteiger partial charge in [0.25, 0.3) is 5.56 Å². The van der Waals surface area contributed by atoms with Crippen LogP contribution in [0.1, 0.15) is 31.2 Å². The van der Waals surface area contributed by atoms with Crippen molar-refractivity contribution in [3.05, 3.63) is 70.3 Å². The van der Waals surface area contributed by atoms with Crippen molar-refractivity contribution in [3.8, 4) is 0 Å². The quantitative estimate of drug-likeness (QED) is 0.645. The Morgan fingerprint density at radius 2 is 1.83 bits per heavy atom. The van der Waals surface area contributed by atoms with Crippen molar-refractivity contribution in [1.29, 1.82) is 0 Å². The molecule has 0 saturated heterocycles. The summed E-state index contributed by atoms with van der Waals surface area (Å²) in [5.41, 5.74) is 1.18. The number of carbonyl (C=O) groups excluding carboxylic acids is 1. The summed E-state index contributed by atoms with van der Waals surface area (Å²) in [5.74, 6) is -0.405. The second-order valence-electron chi connectivity index (χ2n) is 7.47. The Morgan fingerprint density at radius 1 is 1.10 bits per heavy atom. The molecule has 0 N–H and O–H groups in total. The predicted octanol–water partition coefficient (Wildman–Crippen LogP) is 2.94. The number of benzene rings is 2. The molecular formula is C22H23FN4O2. The molecule has 150 valence electrons. The number of amides is 1. The molecule has 6 nitrogen and oxygen atoms in total. The Balaban J connectivity index is 1.52. The molecule has 2 aromatic carbocycles. The van der Waals surface area contributed by atoms with E-state index in [4.69, 9.17) is 0 Å². The maximum Gasteiger partial charge on any atom is 0.278 e. The van der Waals surface area contributed by atoms with E-state index >= 15 is 0 Å². The molecule has 7 heteroatoms. The van der Waals surface area contributed by atoms with Gasteiger partial charge < -0.3 is 4.90 Å². The third kappa shape index (κ3) is 4.34. The van der Waals surface area contributed by atoms with Crippen LogP contribution in [0.3, 0.4) is 0 Å². The lowest BCUT2D eigenvalue weighted by molar-refractivity contribution is -0.134. The van der Waals surface area contributed by atoms with Crippen LogP contribution in [-0.2, 0) is 17.8 Å². The van der Waals surface area contributed by atoms with Gasteiger partial charge in [-0.25, -0.2) is 9.07 Å². The molecule has 3 aromatic rings. The van der Waals surface area contributed by atoms with E-state index in [1.807, 2.05) is 4.90 Å². The first-order valence-electron chi connectivity index (χ1n) is 9.98. The highest BCUT2D eigenvalue weighted by Gasteiger charge is 2.27. The average Bonchev–Trinajstić information content (AvgIpc) is 3.26. The molecule has 1 amide bonds. The number of rotatable bonds is 6. The van der Waals surface area contributed by atoms with Gasteiger partial charge in [-0.1, -0.05) is 42.3 Å². The van der Waals surface area contributed by atoms with Gasteiger partial charge in [0.2, 0.25) is 5.91 Å². The van der Waals surface area contributed by atoms with Crippen LogP contribution in [-0.4, -0.2) is 38.4 Å². The van der Waals surface area contributed by atoms with Gasteiger partial charge in [0, 0.05) is 12.6 Å². The fourth-order valence-corrected chi connectivity index (χ4v) is 3.97.